The van der Waals surface area contributed by atoms with E-state index in [0.29, 0.717) is 8.95 Å². The molecule has 0 aromatic heterocycles. The maximum atomic E-state index is 11.4. The molecule has 0 aliphatic heterocycles. The van der Waals surface area contributed by atoms with Gasteiger partial charge in [0.15, 0.2) is 0 Å². The number of aromatic carboxylic acids is 1. The van der Waals surface area contributed by atoms with Gasteiger partial charge in [-0.2, -0.15) is 0 Å². The van der Waals surface area contributed by atoms with Gasteiger partial charge in [0.1, 0.15) is 0 Å². The molecule has 0 aliphatic carbocycles. The van der Waals surface area contributed by atoms with Gasteiger partial charge in [-0.1, -0.05) is 15.9 Å². The molecule has 0 bridgehead atoms. The molecule has 0 unspecified atom stereocenters. The van der Waals surface area contributed by atoms with E-state index in [1.165, 1.54) is 6.07 Å². The first-order valence-electron chi connectivity index (χ1n) is 4.62. The first-order chi connectivity index (χ1) is 7.95. The number of carbonyl (C=O) groups excluding carboxylic acids is 1. The largest absolute Gasteiger partial charge is 0.478 e. The van der Waals surface area contributed by atoms with Crippen molar-refractivity contribution in [3.63, 3.8) is 0 Å². The van der Waals surface area contributed by atoms with Crippen molar-refractivity contribution in [1.82, 2.24) is 5.32 Å². The van der Waals surface area contributed by atoms with Crippen LogP contribution in [0.2, 0.25) is 0 Å². The Morgan fingerprint density at radius 1 is 1.35 bits per heavy atom. The van der Waals surface area contributed by atoms with Crippen molar-refractivity contribution in [3.05, 3.63) is 26.6 Å². The van der Waals surface area contributed by atoms with Crippen molar-refractivity contribution in [2.75, 3.05) is 18.9 Å². The summed E-state index contributed by atoms with van der Waals surface area (Å²) in [5, 5.41) is 14.3. The summed E-state index contributed by atoms with van der Waals surface area (Å²) in [5.74, 6) is -1.41. The van der Waals surface area contributed by atoms with Crippen molar-refractivity contribution < 1.29 is 14.7 Å². The fourth-order valence-electron chi connectivity index (χ4n) is 1.21. The molecule has 17 heavy (non-hydrogen) atoms. The number of carbonyl (C=O) groups is 2. The maximum absolute atomic E-state index is 11.4. The zero-order chi connectivity index (χ0) is 13.0. The Bertz CT molecular complexity index is 463. The maximum Gasteiger partial charge on any atom is 0.337 e. The molecule has 0 fully saturated rings. The summed E-state index contributed by atoms with van der Waals surface area (Å²) in [6.07, 6.45) is 0. The summed E-state index contributed by atoms with van der Waals surface area (Å²) in [7, 11) is 1.63. The summed E-state index contributed by atoms with van der Waals surface area (Å²) >= 11 is 6.41. The van der Waals surface area contributed by atoms with Gasteiger partial charge in [-0.25, -0.2) is 4.79 Å². The molecule has 3 N–H and O–H groups in total. The van der Waals surface area contributed by atoms with Crippen LogP contribution in [0.15, 0.2) is 21.1 Å². The van der Waals surface area contributed by atoms with Crippen molar-refractivity contribution in [2.24, 2.45) is 0 Å². The van der Waals surface area contributed by atoms with Crippen LogP contribution in [-0.2, 0) is 4.79 Å². The molecule has 92 valence electrons. The number of carboxylic acid groups (broad SMARTS) is 1. The summed E-state index contributed by atoms with van der Waals surface area (Å²) in [6, 6.07) is 3.10. The summed E-state index contributed by atoms with van der Waals surface area (Å²) < 4.78 is 1.13. The Morgan fingerprint density at radius 3 is 2.53 bits per heavy atom. The Hall–Kier alpha value is -0.920. The number of carboxylic acids is 1. The highest BCUT2D eigenvalue weighted by atomic mass is 79.9. The second kappa shape index (κ2) is 6.13. The van der Waals surface area contributed by atoms with Gasteiger partial charge < -0.3 is 15.7 Å². The van der Waals surface area contributed by atoms with Crippen LogP contribution in [0.4, 0.5) is 5.69 Å². The molecule has 0 heterocycles. The number of hydrogen-bond donors (Lipinski definition) is 3. The van der Waals surface area contributed by atoms with Crippen molar-refractivity contribution in [3.8, 4) is 0 Å². The number of rotatable bonds is 4. The SMILES string of the molecule is CNCC(=O)Nc1c(Br)cc(Br)cc1C(=O)O. The monoisotopic (exact) mass is 364 g/mol. The van der Waals surface area contributed by atoms with E-state index in [2.05, 4.69) is 42.5 Å². The molecule has 0 saturated heterocycles. The number of anilines is 1. The van der Waals surface area contributed by atoms with E-state index in [4.69, 9.17) is 5.11 Å². The van der Waals surface area contributed by atoms with E-state index < -0.39 is 5.97 Å². The fourth-order valence-corrected chi connectivity index (χ4v) is 2.54. The first-order valence-corrected chi connectivity index (χ1v) is 6.21. The molecule has 1 aromatic carbocycles. The van der Waals surface area contributed by atoms with Crippen LogP contribution < -0.4 is 10.6 Å². The fraction of sp³-hybridized carbons (Fsp3) is 0.200. The van der Waals surface area contributed by atoms with Gasteiger partial charge in [0, 0.05) is 8.95 Å². The Balaban J connectivity index is 3.12. The van der Waals surface area contributed by atoms with Crippen molar-refractivity contribution in [1.29, 1.82) is 0 Å². The number of hydrogen-bond acceptors (Lipinski definition) is 3. The number of halogens is 2. The zero-order valence-electron chi connectivity index (χ0n) is 8.88. The van der Waals surface area contributed by atoms with Gasteiger partial charge in [-0.15, -0.1) is 0 Å². The molecule has 5 nitrogen and oxygen atoms in total. The van der Waals surface area contributed by atoms with E-state index in [1.54, 1.807) is 13.1 Å². The lowest BCUT2D eigenvalue weighted by Crippen LogP contribution is -2.26. The molecular formula is C10H10Br2N2O3. The third-order valence-electron chi connectivity index (χ3n) is 1.89. The molecule has 1 rings (SSSR count). The number of likely N-dealkylation sites (N-methyl/N-ethyl adjacent to an activating group) is 1. The highest BCUT2D eigenvalue weighted by molar-refractivity contribution is 9.11. The lowest BCUT2D eigenvalue weighted by molar-refractivity contribution is -0.115. The van der Waals surface area contributed by atoms with Crippen molar-refractivity contribution >= 4 is 49.4 Å². The predicted octanol–water partition coefficient (Wildman–Crippen LogP) is 2.07. The van der Waals surface area contributed by atoms with Crippen LogP contribution >= 0.6 is 31.9 Å². The van der Waals surface area contributed by atoms with Gasteiger partial charge >= 0.3 is 5.97 Å². The Morgan fingerprint density at radius 2 is 2.00 bits per heavy atom. The van der Waals surface area contributed by atoms with Crippen LogP contribution in [-0.4, -0.2) is 30.6 Å². The highest BCUT2D eigenvalue weighted by Crippen LogP contribution is 2.30. The standard InChI is InChI=1S/C10H10Br2N2O3/c1-13-4-8(15)14-9-6(10(16)17)2-5(11)3-7(9)12/h2-3,13H,4H2,1H3,(H,14,15)(H,16,17). The molecule has 0 saturated carbocycles. The molecule has 0 atom stereocenters. The third-order valence-corrected chi connectivity index (χ3v) is 2.97. The van der Waals surface area contributed by atoms with E-state index >= 15 is 0 Å². The molecular weight excluding hydrogens is 356 g/mol. The summed E-state index contributed by atoms with van der Waals surface area (Å²) in [4.78, 5) is 22.5. The predicted molar refractivity (Wildman–Crippen MR) is 71.4 cm³/mol. The molecule has 1 aromatic rings. The normalized spacial score (nSPS) is 10.1. The summed E-state index contributed by atoms with van der Waals surface area (Å²) in [6.45, 7) is 0.113. The molecule has 0 radical (unpaired) electrons. The summed E-state index contributed by atoms with van der Waals surface area (Å²) in [5.41, 5.74) is 0.275. The van der Waals surface area contributed by atoms with Gasteiger partial charge in [0.05, 0.1) is 17.8 Å². The number of nitrogens with one attached hydrogen (secondary N) is 2. The van der Waals surface area contributed by atoms with Crippen LogP contribution in [0.3, 0.4) is 0 Å². The Labute approximate surface area is 115 Å². The molecule has 7 heteroatoms. The quantitative estimate of drug-likeness (QED) is 0.763. The van der Waals surface area contributed by atoms with Crippen molar-refractivity contribution in [2.45, 2.75) is 0 Å². The lowest BCUT2D eigenvalue weighted by Gasteiger charge is -2.11. The van der Waals surface area contributed by atoms with Gasteiger partial charge in [0.2, 0.25) is 5.91 Å². The smallest absolute Gasteiger partial charge is 0.337 e. The van der Waals surface area contributed by atoms with Crippen LogP contribution in [0, 0.1) is 0 Å². The van der Waals surface area contributed by atoms with E-state index in [-0.39, 0.29) is 23.7 Å². The molecule has 1 amide bonds. The zero-order valence-corrected chi connectivity index (χ0v) is 12.1. The van der Waals surface area contributed by atoms with E-state index in [1.807, 2.05) is 0 Å². The van der Waals surface area contributed by atoms with Gasteiger partial charge in [-0.05, 0) is 35.1 Å². The minimum atomic E-state index is -1.10. The molecule has 0 spiro atoms. The lowest BCUT2D eigenvalue weighted by atomic mass is 10.2. The minimum Gasteiger partial charge on any atom is -0.478 e. The average molecular weight is 366 g/mol. The van der Waals surface area contributed by atoms with Gasteiger partial charge in [-0.3, -0.25) is 4.79 Å². The number of benzene rings is 1. The molecule has 0 aliphatic rings. The van der Waals surface area contributed by atoms with Crippen LogP contribution in [0.1, 0.15) is 10.4 Å². The first kappa shape index (κ1) is 14.1. The Kier molecular flexibility index (Phi) is 5.10. The second-order valence-corrected chi connectivity index (χ2v) is 4.96. The van der Waals surface area contributed by atoms with Crippen LogP contribution in [0.5, 0.6) is 0 Å². The van der Waals surface area contributed by atoms with E-state index in [9.17, 15) is 9.59 Å². The topological polar surface area (TPSA) is 78.4 Å². The minimum absolute atomic E-state index is 0.0238. The second-order valence-electron chi connectivity index (χ2n) is 3.19. The van der Waals surface area contributed by atoms with Gasteiger partial charge in [0.25, 0.3) is 0 Å². The third kappa shape index (κ3) is 3.79. The van der Waals surface area contributed by atoms with E-state index in [0.717, 1.165) is 0 Å². The highest BCUT2D eigenvalue weighted by Gasteiger charge is 2.16. The number of amides is 1. The van der Waals surface area contributed by atoms with Crippen LogP contribution in [0.25, 0.3) is 0 Å². The average Bonchev–Trinajstić information content (AvgIpc) is 2.21.